The highest BCUT2D eigenvalue weighted by molar-refractivity contribution is 9.10. The number of hydrogen-bond donors (Lipinski definition) is 0. The number of fused-ring (bicyclic) bond motifs is 1. The van der Waals surface area contributed by atoms with Crippen LogP contribution in [-0.4, -0.2) is 19.5 Å². The average Bonchev–Trinajstić information content (AvgIpc) is 2.34. The van der Waals surface area contributed by atoms with Crippen molar-refractivity contribution >= 4 is 22.2 Å². The van der Waals surface area contributed by atoms with Crippen molar-refractivity contribution in [3.8, 4) is 11.5 Å². The van der Waals surface area contributed by atoms with Crippen molar-refractivity contribution in [2.75, 3.05) is 13.2 Å². The first kappa shape index (κ1) is 12.4. The number of rotatable bonds is 3. The zero-order chi connectivity index (χ0) is 12.4. The molecule has 1 aliphatic heterocycles. The molecule has 1 unspecified atom stereocenters. The maximum atomic E-state index is 10.6. The van der Waals surface area contributed by atoms with Gasteiger partial charge in [-0.25, -0.2) is 0 Å². The normalized spacial score (nSPS) is 15.5. The zero-order valence-corrected chi connectivity index (χ0v) is 11.5. The summed E-state index contributed by atoms with van der Waals surface area (Å²) < 4.78 is 12.2. The third-order valence-electron chi connectivity index (χ3n) is 3.00. The standard InChI is InChI=1S/C13H15BrO3/c1-8(3-4-15)10-7-11-13(9(2)12(10)14)17-6-5-16-11/h4,7-8H,3,5-6H2,1-2H3. The van der Waals surface area contributed by atoms with Crippen LogP contribution in [0.2, 0.25) is 0 Å². The van der Waals surface area contributed by atoms with Gasteiger partial charge in [0, 0.05) is 16.5 Å². The molecule has 0 amide bonds. The van der Waals surface area contributed by atoms with Gasteiger partial charge < -0.3 is 14.3 Å². The minimum Gasteiger partial charge on any atom is -0.486 e. The molecule has 0 aliphatic carbocycles. The van der Waals surface area contributed by atoms with Crippen molar-refractivity contribution in [3.63, 3.8) is 0 Å². The Labute approximate surface area is 109 Å². The molecule has 0 aromatic heterocycles. The van der Waals surface area contributed by atoms with Gasteiger partial charge in [-0.15, -0.1) is 0 Å². The van der Waals surface area contributed by atoms with Crippen molar-refractivity contribution in [2.24, 2.45) is 0 Å². The molecule has 0 saturated carbocycles. The highest BCUT2D eigenvalue weighted by atomic mass is 79.9. The fourth-order valence-corrected chi connectivity index (χ4v) is 2.67. The molecule has 4 heteroatoms. The predicted octanol–water partition coefficient (Wildman–Crippen LogP) is 3.22. The Hall–Kier alpha value is -1.03. The third-order valence-corrected chi connectivity index (χ3v) is 4.05. The highest BCUT2D eigenvalue weighted by Crippen LogP contribution is 2.42. The summed E-state index contributed by atoms with van der Waals surface area (Å²) in [6.07, 6.45) is 1.46. The Morgan fingerprint density at radius 1 is 1.47 bits per heavy atom. The lowest BCUT2D eigenvalue weighted by atomic mass is 9.96. The van der Waals surface area contributed by atoms with E-state index in [9.17, 15) is 4.79 Å². The number of carbonyl (C=O) groups excluding carboxylic acids is 1. The van der Waals surface area contributed by atoms with Crippen LogP contribution in [0.5, 0.6) is 11.5 Å². The Bertz CT molecular complexity index is 443. The predicted molar refractivity (Wildman–Crippen MR) is 69.0 cm³/mol. The molecule has 92 valence electrons. The first-order chi connectivity index (χ1) is 8.15. The summed E-state index contributed by atoms with van der Waals surface area (Å²) in [7, 11) is 0. The van der Waals surface area contributed by atoms with Crippen molar-refractivity contribution < 1.29 is 14.3 Å². The minimum absolute atomic E-state index is 0.177. The Balaban J connectivity index is 2.47. The van der Waals surface area contributed by atoms with Crippen LogP contribution in [0, 0.1) is 6.92 Å². The number of hydrogen-bond acceptors (Lipinski definition) is 3. The van der Waals surface area contributed by atoms with E-state index in [2.05, 4.69) is 15.9 Å². The van der Waals surface area contributed by atoms with E-state index in [1.165, 1.54) is 0 Å². The molecule has 1 aromatic rings. The van der Waals surface area contributed by atoms with Crippen LogP contribution >= 0.6 is 15.9 Å². The second-order valence-corrected chi connectivity index (χ2v) is 5.03. The van der Waals surface area contributed by atoms with E-state index in [0.717, 1.165) is 33.4 Å². The van der Waals surface area contributed by atoms with Gasteiger partial charge >= 0.3 is 0 Å². The van der Waals surface area contributed by atoms with Crippen molar-refractivity contribution in [2.45, 2.75) is 26.2 Å². The van der Waals surface area contributed by atoms with Gasteiger partial charge in [0.1, 0.15) is 19.5 Å². The zero-order valence-electron chi connectivity index (χ0n) is 9.96. The lowest BCUT2D eigenvalue weighted by Crippen LogP contribution is -2.17. The molecular formula is C13H15BrO3. The fourth-order valence-electron chi connectivity index (χ4n) is 1.98. The molecule has 0 bridgehead atoms. The lowest BCUT2D eigenvalue weighted by molar-refractivity contribution is -0.108. The second kappa shape index (κ2) is 5.08. The molecule has 1 heterocycles. The van der Waals surface area contributed by atoms with E-state index >= 15 is 0 Å². The first-order valence-electron chi connectivity index (χ1n) is 5.67. The molecule has 0 radical (unpaired) electrons. The maximum absolute atomic E-state index is 10.6. The van der Waals surface area contributed by atoms with E-state index in [0.29, 0.717) is 19.6 Å². The van der Waals surface area contributed by atoms with Crippen LogP contribution in [0.3, 0.4) is 0 Å². The topological polar surface area (TPSA) is 35.5 Å². The lowest BCUT2D eigenvalue weighted by Gasteiger charge is -2.24. The van der Waals surface area contributed by atoms with E-state index in [1.54, 1.807) is 0 Å². The van der Waals surface area contributed by atoms with Crippen LogP contribution in [0.25, 0.3) is 0 Å². The maximum Gasteiger partial charge on any atom is 0.165 e. The Kier molecular flexibility index (Phi) is 3.72. The van der Waals surface area contributed by atoms with Gasteiger partial charge in [-0.05, 0) is 24.5 Å². The van der Waals surface area contributed by atoms with E-state index in [-0.39, 0.29) is 5.92 Å². The van der Waals surface area contributed by atoms with Crippen molar-refractivity contribution in [1.29, 1.82) is 0 Å². The molecule has 0 fully saturated rings. The molecule has 0 spiro atoms. The van der Waals surface area contributed by atoms with Crippen LogP contribution in [0.4, 0.5) is 0 Å². The van der Waals surface area contributed by atoms with E-state index in [1.807, 2.05) is 19.9 Å². The number of halogens is 1. The Morgan fingerprint density at radius 3 is 2.88 bits per heavy atom. The fraction of sp³-hybridized carbons (Fsp3) is 0.462. The Morgan fingerprint density at radius 2 is 2.18 bits per heavy atom. The average molecular weight is 299 g/mol. The highest BCUT2D eigenvalue weighted by Gasteiger charge is 2.21. The molecule has 3 nitrogen and oxygen atoms in total. The van der Waals surface area contributed by atoms with Crippen molar-refractivity contribution in [3.05, 3.63) is 21.7 Å². The van der Waals surface area contributed by atoms with Crippen molar-refractivity contribution in [1.82, 2.24) is 0 Å². The van der Waals surface area contributed by atoms with Gasteiger partial charge in [0.25, 0.3) is 0 Å². The summed E-state index contributed by atoms with van der Waals surface area (Å²) in [5, 5.41) is 0. The summed E-state index contributed by atoms with van der Waals surface area (Å²) in [5.41, 5.74) is 2.13. The second-order valence-electron chi connectivity index (χ2n) is 4.23. The van der Waals surface area contributed by atoms with Crippen LogP contribution < -0.4 is 9.47 Å². The number of ether oxygens (including phenoxy) is 2. The summed E-state index contributed by atoms with van der Waals surface area (Å²) >= 11 is 3.58. The molecule has 2 rings (SSSR count). The molecule has 17 heavy (non-hydrogen) atoms. The third kappa shape index (κ3) is 2.32. The van der Waals surface area contributed by atoms with Gasteiger partial charge in [-0.3, -0.25) is 0 Å². The monoisotopic (exact) mass is 298 g/mol. The van der Waals surface area contributed by atoms with Gasteiger partial charge in [0.2, 0.25) is 0 Å². The smallest absolute Gasteiger partial charge is 0.165 e. The first-order valence-corrected chi connectivity index (χ1v) is 6.46. The molecule has 1 atom stereocenters. The minimum atomic E-state index is 0.177. The van der Waals surface area contributed by atoms with Crippen LogP contribution in [0.15, 0.2) is 10.5 Å². The molecular weight excluding hydrogens is 284 g/mol. The number of carbonyl (C=O) groups is 1. The van der Waals surface area contributed by atoms with Gasteiger partial charge in [0.15, 0.2) is 11.5 Å². The molecule has 1 aliphatic rings. The van der Waals surface area contributed by atoms with Gasteiger partial charge in [0.05, 0.1) is 0 Å². The number of aldehydes is 1. The summed E-state index contributed by atoms with van der Waals surface area (Å²) in [6, 6.07) is 1.97. The van der Waals surface area contributed by atoms with Crippen LogP contribution in [0.1, 0.15) is 30.4 Å². The summed E-state index contributed by atoms with van der Waals surface area (Å²) in [6.45, 7) is 5.19. The SMILES string of the molecule is Cc1c(Br)c(C(C)CC=O)cc2c1OCCO2. The van der Waals surface area contributed by atoms with Crippen LogP contribution in [-0.2, 0) is 4.79 Å². The molecule has 1 aromatic carbocycles. The molecule has 0 N–H and O–H groups in total. The summed E-state index contributed by atoms with van der Waals surface area (Å²) in [4.78, 5) is 10.6. The van der Waals surface area contributed by atoms with Gasteiger partial charge in [-0.2, -0.15) is 0 Å². The quantitative estimate of drug-likeness (QED) is 0.804. The number of benzene rings is 1. The summed E-state index contributed by atoms with van der Waals surface area (Å²) in [5.74, 6) is 1.77. The largest absolute Gasteiger partial charge is 0.486 e. The molecule has 0 saturated heterocycles. The van der Waals surface area contributed by atoms with Gasteiger partial charge in [-0.1, -0.05) is 22.9 Å². The van der Waals surface area contributed by atoms with E-state index < -0.39 is 0 Å². The van der Waals surface area contributed by atoms with E-state index in [4.69, 9.17) is 9.47 Å².